The zero-order valence-corrected chi connectivity index (χ0v) is 16.7. The molecule has 1 atom stereocenters. The van der Waals surface area contributed by atoms with Crippen molar-refractivity contribution in [1.82, 2.24) is 15.1 Å². The van der Waals surface area contributed by atoms with Crippen LogP contribution in [0.4, 0.5) is 11.4 Å². The van der Waals surface area contributed by atoms with Gasteiger partial charge >= 0.3 is 0 Å². The molecule has 1 unspecified atom stereocenters. The number of carbonyl (C=O) groups excluding carboxylic acids is 1. The first-order valence-electron chi connectivity index (χ1n) is 8.70. The van der Waals surface area contributed by atoms with E-state index >= 15 is 0 Å². The van der Waals surface area contributed by atoms with E-state index in [1.54, 1.807) is 41.2 Å². The molecule has 3 rings (SSSR count). The predicted octanol–water partition coefficient (Wildman–Crippen LogP) is 3.24. The number of aryl methyl sites for hydroxylation is 3. The average Bonchev–Trinajstić information content (AvgIpc) is 3.07. The van der Waals surface area contributed by atoms with Crippen molar-refractivity contribution < 1.29 is 13.6 Å². The van der Waals surface area contributed by atoms with Crippen LogP contribution in [-0.2, 0) is 24.9 Å². The Morgan fingerprint density at radius 1 is 1.18 bits per heavy atom. The summed E-state index contributed by atoms with van der Waals surface area (Å²) >= 11 is -2.28. The van der Waals surface area contributed by atoms with Gasteiger partial charge in [-0.05, 0) is 49.7 Å². The molecule has 0 bridgehead atoms. The van der Waals surface area contributed by atoms with Gasteiger partial charge in [-0.1, -0.05) is 23.8 Å². The summed E-state index contributed by atoms with van der Waals surface area (Å²) in [6, 6.07) is 14.2. The lowest BCUT2D eigenvalue weighted by Gasteiger charge is -2.23. The Morgan fingerprint density at radius 3 is 2.50 bits per heavy atom. The van der Waals surface area contributed by atoms with Crippen LogP contribution in [0.3, 0.4) is 0 Å². The molecular formula is C20H22N4O3S. The SMILES string of the molecule is Cc1ccc(N(c2cc(C(=O)NCc3ccnn3C)ccc2C)S(=O)O)cc1. The highest BCUT2D eigenvalue weighted by Gasteiger charge is 2.19. The molecular weight excluding hydrogens is 376 g/mol. The second kappa shape index (κ2) is 8.37. The molecule has 3 aromatic rings. The Balaban J connectivity index is 1.88. The van der Waals surface area contributed by atoms with Crippen molar-refractivity contribution in [3.63, 3.8) is 0 Å². The van der Waals surface area contributed by atoms with E-state index in [1.807, 2.05) is 39.1 Å². The fourth-order valence-electron chi connectivity index (χ4n) is 2.81. The van der Waals surface area contributed by atoms with E-state index in [-0.39, 0.29) is 5.91 Å². The monoisotopic (exact) mass is 398 g/mol. The van der Waals surface area contributed by atoms with Gasteiger partial charge in [-0.3, -0.25) is 14.0 Å². The molecule has 2 aromatic carbocycles. The van der Waals surface area contributed by atoms with Crippen LogP contribution >= 0.6 is 0 Å². The van der Waals surface area contributed by atoms with Gasteiger partial charge in [-0.15, -0.1) is 0 Å². The normalized spacial score (nSPS) is 11.9. The smallest absolute Gasteiger partial charge is 0.266 e. The zero-order valence-electron chi connectivity index (χ0n) is 15.9. The number of amides is 1. The molecule has 7 nitrogen and oxygen atoms in total. The van der Waals surface area contributed by atoms with Crippen molar-refractivity contribution in [2.45, 2.75) is 20.4 Å². The lowest BCUT2D eigenvalue weighted by atomic mass is 10.1. The Hall–Kier alpha value is -2.97. The molecule has 0 radical (unpaired) electrons. The number of nitrogens with one attached hydrogen (secondary N) is 1. The molecule has 0 aliphatic heterocycles. The fourth-order valence-corrected chi connectivity index (χ4v) is 3.48. The number of aromatic nitrogens is 2. The van der Waals surface area contributed by atoms with Gasteiger partial charge in [0, 0.05) is 18.8 Å². The van der Waals surface area contributed by atoms with Crippen molar-refractivity contribution in [3.8, 4) is 0 Å². The van der Waals surface area contributed by atoms with Crippen LogP contribution in [0.2, 0.25) is 0 Å². The molecule has 1 aromatic heterocycles. The minimum absolute atomic E-state index is 0.268. The Kier molecular flexibility index (Phi) is 5.91. The summed E-state index contributed by atoms with van der Waals surface area (Å²) in [5.74, 6) is -0.268. The molecule has 2 N–H and O–H groups in total. The summed E-state index contributed by atoms with van der Waals surface area (Å²) in [6.45, 7) is 4.12. The number of anilines is 2. The predicted molar refractivity (Wildman–Crippen MR) is 110 cm³/mol. The van der Waals surface area contributed by atoms with Crippen LogP contribution in [0.15, 0.2) is 54.7 Å². The van der Waals surface area contributed by atoms with Gasteiger partial charge < -0.3 is 5.32 Å². The van der Waals surface area contributed by atoms with Crippen molar-refractivity contribution in [2.75, 3.05) is 4.31 Å². The molecule has 1 heterocycles. The van der Waals surface area contributed by atoms with E-state index in [0.717, 1.165) is 16.8 Å². The third-order valence-electron chi connectivity index (χ3n) is 4.47. The van der Waals surface area contributed by atoms with E-state index < -0.39 is 11.3 Å². The van der Waals surface area contributed by atoms with Crippen molar-refractivity contribution in [3.05, 3.63) is 77.1 Å². The lowest BCUT2D eigenvalue weighted by molar-refractivity contribution is 0.0950. The molecule has 0 aliphatic rings. The maximum Gasteiger partial charge on any atom is 0.266 e. The van der Waals surface area contributed by atoms with Gasteiger partial charge in [-0.2, -0.15) is 5.10 Å². The third kappa shape index (κ3) is 4.29. The average molecular weight is 398 g/mol. The summed E-state index contributed by atoms with van der Waals surface area (Å²) in [5.41, 5.74) is 4.18. The molecule has 8 heteroatoms. The third-order valence-corrected chi connectivity index (χ3v) is 5.19. The van der Waals surface area contributed by atoms with Crippen molar-refractivity contribution in [1.29, 1.82) is 0 Å². The maximum absolute atomic E-state index is 12.6. The highest BCUT2D eigenvalue weighted by atomic mass is 32.2. The molecule has 1 amide bonds. The quantitative estimate of drug-likeness (QED) is 0.624. The van der Waals surface area contributed by atoms with Crippen LogP contribution in [-0.4, -0.2) is 24.4 Å². The first-order valence-corrected chi connectivity index (χ1v) is 9.76. The van der Waals surface area contributed by atoms with Crippen LogP contribution in [0.1, 0.15) is 27.2 Å². The number of benzene rings is 2. The van der Waals surface area contributed by atoms with Crippen LogP contribution < -0.4 is 9.62 Å². The van der Waals surface area contributed by atoms with Crippen LogP contribution in [0.5, 0.6) is 0 Å². The van der Waals surface area contributed by atoms with E-state index in [9.17, 15) is 13.6 Å². The number of hydrogen-bond acceptors (Lipinski definition) is 3. The second-order valence-corrected chi connectivity index (χ2v) is 7.32. The summed E-state index contributed by atoms with van der Waals surface area (Å²) in [6.07, 6.45) is 1.67. The lowest BCUT2D eigenvalue weighted by Crippen LogP contribution is -2.25. The van der Waals surface area contributed by atoms with Crippen molar-refractivity contribution >= 4 is 28.5 Å². The van der Waals surface area contributed by atoms with Crippen molar-refractivity contribution in [2.24, 2.45) is 7.05 Å². The molecule has 0 spiro atoms. The number of carbonyl (C=O) groups is 1. The van der Waals surface area contributed by atoms with E-state index in [1.165, 1.54) is 4.31 Å². The Bertz CT molecular complexity index is 1010. The summed E-state index contributed by atoms with van der Waals surface area (Å²) < 4.78 is 24.9. The first-order chi connectivity index (χ1) is 13.4. The Morgan fingerprint density at radius 2 is 1.89 bits per heavy atom. The molecule has 0 fully saturated rings. The van der Waals surface area contributed by atoms with Gasteiger partial charge in [-0.25, -0.2) is 8.51 Å². The van der Waals surface area contributed by atoms with E-state index in [4.69, 9.17) is 0 Å². The Labute approximate surface area is 166 Å². The van der Waals surface area contributed by atoms with Gasteiger partial charge in [0.1, 0.15) is 0 Å². The fraction of sp³-hybridized carbons (Fsp3) is 0.200. The first kappa shape index (κ1) is 19.8. The summed E-state index contributed by atoms with van der Waals surface area (Å²) in [7, 11) is 1.81. The highest BCUT2D eigenvalue weighted by Crippen LogP contribution is 2.30. The van der Waals surface area contributed by atoms with Gasteiger partial charge in [0.2, 0.25) is 0 Å². The number of hydrogen-bond donors (Lipinski definition) is 2. The minimum Gasteiger partial charge on any atom is -0.346 e. The van der Waals surface area contributed by atoms with Gasteiger partial charge in [0.05, 0.1) is 23.6 Å². The molecule has 0 saturated heterocycles. The number of nitrogens with zero attached hydrogens (tertiary/aromatic N) is 3. The second-order valence-electron chi connectivity index (χ2n) is 6.49. The topological polar surface area (TPSA) is 87.5 Å². The number of rotatable bonds is 6. The largest absolute Gasteiger partial charge is 0.346 e. The molecule has 146 valence electrons. The highest BCUT2D eigenvalue weighted by molar-refractivity contribution is 7.81. The van der Waals surface area contributed by atoms with Crippen LogP contribution in [0.25, 0.3) is 0 Å². The molecule has 0 saturated carbocycles. The van der Waals surface area contributed by atoms with Crippen LogP contribution in [0, 0.1) is 13.8 Å². The minimum atomic E-state index is -2.28. The molecule has 28 heavy (non-hydrogen) atoms. The molecule has 0 aliphatic carbocycles. The standard InChI is InChI=1S/C20H22N4O3S/c1-14-4-8-17(9-5-14)24(28(26)27)19-12-16(7-6-15(19)2)20(25)21-13-18-10-11-22-23(18)3/h4-12H,13H2,1-3H3,(H,21,25)(H,26,27). The summed E-state index contributed by atoms with van der Waals surface area (Å²) in [5, 5.41) is 6.92. The maximum atomic E-state index is 12.6. The van der Waals surface area contributed by atoms with E-state index in [0.29, 0.717) is 23.5 Å². The zero-order chi connectivity index (χ0) is 20.3. The van der Waals surface area contributed by atoms with Gasteiger partial charge in [0.25, 0.3) is 17.2 Å². The van der Waals surface area contributed by atoms with Gasteiger partial charge in [0.15, 0.2) is 0 Å². The summed E-state index contributed by atoms with van der Waals surface area (Å²) in [4.78, 5) is 12.6. The van der Waals surface area contributed by atoms with E-state index in [2.05, 4.69) is 10.4 Å².